The van der Waals surface area contributed by atoms with Crippen LogP contribution in [0.5, 0.6) is 0 Å². The molecule has 0 aliphatic carbocycles. The predicted molar refractivity (Wildman–Crippen MR) is 100 cm³/mol. The van der Waals surface area contributed by atoms with Crippen molar-refractivity contribution in [2.24, 2.45) is 0 Å². The molecule has 0 N–H and O–H groups in total. The first-order valence-corrected chi connectivity index (χ1v) is 8.64. The zero-order valence-corrected chi connectivity index (χ0v) is 15.7. The summed E-state index contributed by atoms with van der Waals surface area (Å²) in [5.74, 6) is -0.0815. The Kier molecular flexibility index (Phi) is 5.21. The van der Waals surface area contributed by atoms with E-state index in [1.54, 1.807) is 20.8 Å². The lowest BCUT2D eigenvalue weighted by Crippen LogP contribution is -2.31. The third-order valence-electron chi connectivity index (χ3n) is 4.40. The molecule has 1 heterocycles. The van der Waals surface area contributed by atoms with Crippen LogP contribution < -0.4 is 0 Å². The number of rotatable bonds is 6. The van der Waals surface area contributed by atoms with Crippen LogP contribution in [-0.4, -0.2) is 21.1 Å². The Hall–Kier alpha value is -3.55. The van der Waals surface area contributed by atoms with E-state index in [-0.39, 0.29) is 17.5 Å². The van der Waals surface area contributed by atoms with Crippen molar-refractivity contribution in [2.45, 2.75) is 32.3 Å². The highest BCUT2D eigenvalue weighted by Crippen LogP contribution is 2.29. The topological polar surface area (TPSA) is 108 Å². The number of hydrogen-bond acceptors (Lipinski definition) is 7. The van der Waals surface area contributed by atoms with Crippen LogP contribution in [0.25, 0.3) is 11.5 Å². The quantitative estimate of drug-likeness (QED) is 0.357. The molecule has 8 heteroatoms. The molecule has 0 saturated carbocycles. The molecular weight excluding hydrogens is 362 g/mol. The van der Waals surface area contributed by atoms with Gasteiger partial charge in [-0.25, -0.2) is 0 Å². The SMILES string of the molecule is C[C@H](OC(=O)C(C)(C)c1ccccc1)c1nnc(-c2ccc([N+](=O)[O-])cc2)o1. The van der Waals surface area contributed by atoms with Crippen molar-refractivity contribution in [3.8, 4) is 11.5 Å². The monoisotopic (exact) mass is 381 g/mol. The number of aromatic nitrogens is 2. The molecule has 3 aromatic rings. The Morgan fingerprint density at radius 3 is 2.36 bits per heavy atom. The molecule has 144 valence electrons. The van der Waals surface area contributed by atoms with Crippen LogP contribution in [0, 0.1) is 10.1 Å². The van der Waals surface area contributed by atoms with Crippen LogP contribution in [0.2, 0.25) is 0 Å². The molecule has 0 radical (unpaired) electrons. The summed E-state index contributed by atoms with van der Waals surface area (Å²) in [4.78, 5) is 22.9. The van der Waals surface area contributed by atoms with Crippen LogP contribution in [-0.2, 0) is 14.9 Å². The highest BCUT2D eigenvalue weighted by Gasteiger charge is 2.33. The van der Waals surface area contributed by atoms with Crippen molar-refractivity contribution in [3.05, 3.63) is 76.2 Å². The first-order chi connectivity index (χ1) is 13.3. The lowest BCUT2D eigenvalue weighted by Gasteiger charge is -2.24. The van der Waals surface area contributed by atoms with Crippen molar-refractivity contribution in [3.63, 3.8) is 0 Å². The highest BCUT2D eigenvalue weighted by molar-refractivity contribution is 5.82. The Bertz CT molecular complexity index is 981. The van der Waals surface area contributed by atoms with Gasteiger partial charge in [-0.1, -0.05) is 30.3 Å². The maximum atomic E-state index is 12.7. The standard InChI is InChI=1S/C20H19N3O5/c1-13(27-19(24)20(2,3)15-7-5-4-6-8-15)17-21-22-18(28-17)14-9-11-16(12-10-14)23(25)26/h4-13H,1-3H3/t13-/m0/s1. The zero-order chi connectivity index (χ0) is 20.3. The number of nitrogens with zero attached hydrogens (tertiary/aromatic N) is 3. The van der Waals surface area contributed by atoms with Gasteiger partial charge in [0.25, 0.3) is 11.6 Å². The van der Waals surface area contributed by atoms with Gasteiger partial charge in [0.05, 0.1) is 10.3 Å². The molecule has 0 aliphatic heterocycles. The van der Waals surface area contributed by atoms with E-state index in [4.69, 9.17) is 9.15 Å². The van der Waals surface area contributed by atoms with Gasteiger partial charge in [0.15, 0.2) is 6.10 Å². The number of benzene rings is 2. The molecular formula is C20H19N3O5. The average Bonchev–Trinajstić information content (AvgIpc) is 3.19. The maximum Gasteiger partial charge on any atom is 0.316 e. The van der Waals surface area contributed by atoms with Gasteiger partial charge in [-0.3, -0.25) is 14.9 Å². The van der Waals surface area contributed by atoms with E-state index in [2.05, 4.69) is 10.2 Å². The summed E-state index contributed by atoms with van der Waals surface area (Å²) >= 11 is 0. The van der Waals surface area contributed by atoms with Gasteiger partial charge in [0, 0.05) is 17.7 Å². The lowest BCUT2D eigenvalue weighted by atomic mass is 9.85. The Labute approximate surface area is 161 Å². The largest absolute Gasteiger partial charge is 0.452 e. The van der Waals surface area contributed by atoms with Crippen LogP contribution >= 0.6 is 0 Å². The van der Waals surface area contributed by atoms with Crippen molar-refractivity contribution >= 4 is 11.7 Å². The minimum Gasteiger partial charge on any atom is -0.452 e. The highest BCUT2D eigenvalue weighted by atomic mass is 16.6. The molecule has 1 aromatic heterocycles. The lowest BCUT2D eigenvalue weighted by molar-refractivity contribution is -0.384. The normalized spacial score (nSPS) is 12.4. The summed E-state index contributed by atoms with van der Waals surface area (Å²) in [7, 11) is 0. The predicted octanol–water partition coefficient (Wildman–Crippen LogP) is 4.23. The van der Waals surface area contributed by atoms with Crippen LogP contribution in [0.15, 0.2) is 59.0 Å². The fourth-order valence-corrected chi connectivity index (χ4v) is 2.57. The second-order valence-corrected chi connectivity index (χ2v) is 6.79. The number of hydrogen-bond donors (Lipinski definition) is 0. The summed E-state index contributed by atoms with van der Waals surface area (Å²) in [6, 6.07) is 15.1. The molecule has 0 amide bonds. The van der Waals surface area contributed by atoms with Gasteiger partial charge in [-0.15, -0.1) is 10.2 Å². The molecule has 0 fully saturated rings. The smallest absolute Gasteiger partial charge is 0.316 e. The van der Waals surface area contributed by atoms with Crippen molar-refractivity contribution in [1.29, 1.82) is 0 Å². The number of nitro groups is 1. The first-order valence-electron chi connectivity index (χ1n) is 8.64. The summed E-state index contributed by atoms with van der Waals surface area (Å²) in [5, 5.41) is 18.6. The van der Waals surface area contributed by atoms with Crippen molar-refractivity contribution in [2.75, 3.05) is 0 Å². The van der Waals surface area contributed by atoms with E-state index in [0.29, 0.717) is 5.56 Å². The molecule has 0 unspecified atom stereocenters. The second kappa shape index (κ2) is 7.59. The molecule has 28 heavy (non-hydrogen) atoms. The molecule has 1 atom stereocenters. The zero-order valence-electron chi connectivity index (χ0n) is 15.7. The first kappa shape index (κ1) is 19.2. The maximum absolute atomic E-state index is 12.7. The molecule has 8 nitrogen and oxygen atoms in total. The Balaban J connectivity index is 1.72. The molecule has 2 aromatic carbocycles. The van der Waals surface area contributed by atoms with Gasteiger partial charge < -0.3 is 9.15 Å². The Morgan fingerprint density at radius 2 is 1.75 bits per heavy atom. The fraction of sp³-hybridized carbons (Fsp3) is 0.250. The summed E-state index contributed by atoms with van der Waals surface area (Å²) in [6.07, 6.45) is -0.741. The third-order valence-corrected chi connectivity index (χ3v) is 4.40. The van der Waals surface area contributed by atoms with Crippen molar-refractivity contribution < 1.29 is 18.9 Å². The summed E-state index contributed by atoms with van der Waals surface area (Å²) < 4.78 is 11.1. The van der Waals surface area contributed by atoms with E-state index in [0.717, 1.165) is 5.56 Å². The summed E-state index contributed by atoms with van der Waals surface area (Å²) in [6.45, 7) is 5.22. The van der Waals surface area contributed by atoms with Crippen LogP contribution in [0.4, 0.5) is 5.69 Å². The third kappa shape index (κ3) is 3.90. The van der Waals surface area contributed by atoms with Gasteiger partial charge in [0.1, 0.15) is 0 Å². The van der Waals surface area contributed by atoms with E-state index >= 15 is 0 Å². The molecule has 0 aliphatic rings. The average molecular weight is 381 g/mol. The molecule has 0 bridgehead atoms. The van der Waals surface area contributed by atoms with Gasteiger partial charge in [0.2, 0.25) is 5.89 Å². The number of ether oxygens (including phenoxy) is 1. The van der Waals surface area contributed by atoms with E-state index in [9.17, 15) is 14.9 Å². The minimum absolute atomic E-state index is 0.0334. The van der Waals surface area contributed by atoms with Gasteiger partial charge in [-0.05, 0) is 38.5 Å². The number of carbonyl (C=O) groups excluding carboxylic acids is 1. The van der Waals surface area contributed by atoms with Crippen LogP contribution in [0.1, 0.15) is 38.3 Å². The van der Waals surface area contributed by atoms with Crippen molar-refractivity contribution in [1.82, 2.24) is 10.2 Å². The molecule has 0 spiro atoms. The van der Waals surface area contributed by atoms with Crippen LogP contribution in [0.3, 0.4) is 0 Å². The van der Waals surface area contributed by atoms with Gasteiger partial charge in [-0.2, -0.15) is 0 Å². The fourth-order valence-electron chi connectivity index (χ4n) is 2.57. The number of esters is 1. The van der Waals surface area contributed by atoms with E-state index < -0.39 is 22.4 Å². The molecule has 3 rings (SSSR count). The second-order valence-electron chi connectivity index (χ2n) is 6.79. The number of carbonyl (C=O) groups is 1. The van der Waals surface area contributed by atoms with Gasteiger partial charge >= 0.3 is 5.97 Å². The minimum atomic E-state index is -0.837. The van der Waals surface area contributed by atoms with E-state index in [1.165, 1.54) is 24.3 Å². The number of nitro benzene ring substituents is 1. The number of non-ortho nitro benzene ring substituents is 1. The molecule has 0 saturated heterocycles. The Morgan fingerprint density at radius 1 is 1.11 bits per heavy atom. The van der Waals surface area contributed by atoms with E-state index in [1.807, 2.05) is 30.3 Å². The summed E-state index contributed by atoms with van der Waals surface area (Å²) in [5.41, 5.74) is 0.502.